The quantitative estimate of drug-likeness (QED) is 0.621. The maximum Gasteiger partial charge on any atom is 0.352 e. The number of nitrogens with two attached hydrogens (primary N) is 1. The number of esters is 2. The Labute approximate surface area is 185 Å². The van der Waals surface area contributed by atoms with Crippen LogP contribution in [0, 0.1) is 0 Å². The third-order valence-electron chi connectivity index (χ3n) is 5.24. The highest BCUT2D eigenvalue weighted by atomic mass is 16.6. The van der Waals surface area contributed by atoms with Gasteiger partial charge in [0.1, 0.15) is 6.10 Å². The van der Waals surface area contributed by atoms with Crippen LogP contribution in [0.3, 0.4) is 0 Å². The number of hydrogen-bond acceptors (Lipinski definition) is 5. The van der Waals surface area contributed by atoms with Crippen LogP contribution in [0.15, 0.2) is 78.9 Å². The second kappa shape index (κ2) is 8.93. The molecule has 0 fully saturated rings. The van der Waals surface area contributed by atoms with E-state index in [4.69, 9.17) is 15.2 Å². The normalized spacial score (nSPS) is 15.5. The van der Waals surface area contributed by atoms with E-state index in [1.54, 1.807) is 60.7 Å². The number of carbonyl (C=O) groups is 3. The number of rotatable bonds is 4. The molecule has 3 aromatic carbocycles. The zero-order valence-electron chi connectivity index (χ0n) is 17.4. The summed E-state index contributed by atoms with van der Waals surface area (Å²) in [7, 11) is 0. The van der Waals surface area contributed by atoms with Crippen LogP contribution in [0.4, 0.5) is 16.2 Å². The first-order chi connectivity index (χ1) is 15.5. The monoisotopic (exact) mass is 430 g/mol. The Morgan fingerprint density at radius 2 is 1.53 bits per heavy atom. The smallest absolute Gasteiger partial charge is 0.352 e. The Morgan fingerprint density at radius 3 is 2.22 bits per heavy atom. The van der Waals surface area contributed by atoms with Crippen molar-refractivity contribution in [1.82, 2.24) is 0 Å². The maximum absolute atomic E-state index is 13.2. The molecule has 2 atom stereocenters. The molecule has 0 bridgehead atoms. The van der Waals surface area contributed by atoms with E-state index < -0.39 is 30.2 Å². The van der Waals surface area contributed by atoms with Gasteiger partial charge in [-0.3, -0.25) is 9.69 Å². The molecule has 0 spiro atoms. The van der Waals surface area contributed by atoms with Gasteiger partial charge in [0.15, 0.2) is 0 Å². The van der Waals surface area contributed by atoms with Crippen LogP contribution in [-0.2, 0) is 25.5 Å². The summed E-state index contributed by atoms with van der Waals surface area (Å²) in [4.78, 5) is 38.6. The van der Waals surface area contributed by atoms with Gasteiger partial charge < -0.3 is 15.2 Å². The number of primary amides is 1. The number of anilines is 2. The summed E-state index contributed by atoms with van der Waals surface area (Å²) in [6.07, 6.45) is -1.60. The summed E-state index contributed by atoms with van der Waals surface area (Å²) in [5.74, 6) is -1.29. The van der Waals surface area contributed by atoms with Crippen LogP contribution < -0.4 is 10.6 Å². The Hall–Kier alpha value is -4.13. The van der Waals surface area contributed by atoms with Crippen molar-refractivity contribution in [3.63, 3.8) is 0 Å². The van der Waals surface area contributed by atoms with Crippen molar-refractivity contribution in [2.24, 2.45) is 5.73 Å². The lowest BCUT2D eigenvalue weighted by Gasteiger charge is -2.24. The summed E-state index contributed by atoms with van der Waals surface area (Å²) in [5, 5.41) is 0. The molecular formula is C25H22N2O5. The average Bonchev–Trinajstić information content (AvgIpc) is 2.92. The average molecular weight is 430 g/mol. The first-order valence-corrected chi connectivity index (χ1v) is 10.1. The van der Waals surface area contributed by atoms with Crippen molar-refractivity contribution < 1.29 is 23.9 Å². The van der Waals surface area contributed by atoms with E-state index in [-0.39, 0.29) is 0 Å². The lowest BCUT2D eigenvalue weighted by Crippen LogP contribution is -2.32. The van der Waals surface area contributed by atoms with E-state index in [2.05, 4.69) is 0 Å². The summed E-state index contributed by atoms with van der Waals surface area (Å²) < 4.78 is 11.2. The Balaban J connectivity index is 1.74. The van der Waals surface area contributed by atoms with Crippen molar-refractivity contribution in [2.75, 3.05) is 4.90 Å². The molecule has 3 aromatic rings. The second-order valence-corrected chi connectivity index (χ2v) is 7.39. The predicted octanol–water partition coefficient (Wildman–Crippen LogP) is 4.35. The summed E-state index contributed by atoms with van der Waals surface area (Å²) in [6, 6.07) is 22.5. The number of benzene rings is 3. The van der Waals surface area contributed by atoms with E-state index in [1.165, 1.54) is 11.8 Å². The van der Waals surface area contributed by atoms with Gasteiger partial charge in [-0.15, -0.1) is 0 Å². The van der Waals surface area contributed by atoms with Crippen molar-refractivity contribution in [2.45, 2.75) is 25.6 Å². The number of carbonyl (C=O) groups excluding carboxylic acids is 3. The van der Waals surface area contributed by atoms with E-state index in [1.807, 2.05) is 18.2 Å². The largest absolute Gasteiger partial charge is 0.454 e. The van der Waals surface area contributed by atoms with Crippen molar-refractivity contribution in [3.05, 3.63) is 95.6 Å². The third-order valence-corrected chi connectivity index (χ3v) is 5.24. The molecule has 1 aliphatic rings. The molecule has 4 rings (SSSR count). The lowest BCUT2D eigenvalue weighted by atomic mass is 10.0. The minimum Gasteiger partial charge on any atom is -0.454 e. The Kier molecular flexibility index (Phi) is 5.89. The van der Waals surface area contributed by atoms with Gasteiger partial charge in [-0.1, -0.05) is 66.7 Å². The molecule has 0 aromatic heterocycles. The van der Waals surface area contributed by atoms with Gasteiger partial charge in [0, 0.05) is 24.5 Å². The van der Waals surface area contributed by atoms with Gasteiger partial charge in [0.2, 0.25) is 6.10 Å². The van der Waals surface area contributed by atoms with Crippen LogP contribution in [0.5, 0.6) is 0 Å². The molecule has 0 unspecified atom stereocenters. The van der Waals surface area contributed by atoms with Crippen LogP contribution in [-0.4, -0.2) is 18.0 Å². The number of para-hydroxylation sites is 2. The number of ether oxygens (including phenoxy) is 2. The van der Waals surface area contributed by atoms with E-state index >= 15 is 0 Å². The standard InChI is InChI=1S/C25H22N2O5/c1-16(28)31-23(17-9-3-2-4-10-17)24(29)32-22-15-18-11-5-7-13-20(18)27(25(26)30)21-14-8-6-12-19(21)22/h2-14,22-23H,15H2,1H3,(H2,26,30)/t22-,23+/m1/s1. The van der Waals surface area contributed by atoms with Gasteiger partial charge in [0.25, 0.3) is 0 Å². The number of urea groups is 1. The van der Waals surface area contributed by atoms with Gasteiger partial charge in [-0.2, -0.15) is 0 Å². The fraction of sp³-hybridized carbons (Fsp3) is 0.160. The molecule has 7 nitrogen and oxygen atoms in total. The Bertz CT molecular complexity index is 1160. The maximum atomic E-state index is 13.2. The van der Waals surface area contributed by atoms with Crippen molar-refractivity contribution >= 4 is 29.3 Å². The molecule has 162 valence electrons. The molecule has 1 aliphatic heterocycles. The SMILES string of the molecule is CC(=O)O[C@H](C(=O)O[C@@H]1Cc2ccccc2N(C(N)=O)c2ccccc21)c1ccccc1. The first kappa shape index (κ1) is 21.1. The van der Waals surface area contributed by atoms with E-state index in [9.17, 15) is 14.4 Å². The molecular weight excluding hydrogens is 408 g/mol. The van der Waals surface area contributed by atoms with Crippen LogP contribution >= 0.6 is 0 Å². The molecule has 2 N–H and O–H groups in total. The van der Waals surface area contributed by atoms with Crippen LogP contribution in [0.2, 0.25) is 0 Å². The van der Waals surface area contributed by atoms with Crippen LogP contribution in [0.25, 0.3) is 0 Å². The Morgan fingerprint density at radius 1 is 0.906 bits per heavy atom. The summed E-state index contributed by atoms with van der Waals surface area (Å²) >= 11 is 0. The minimum atomic E-state index is -1.20. The second-order valence-electron chi connectivity index (χ2n) is 7.39. The van der Waals surface area contributed by atoms with E-state index in [0.717, 1.165) is 5.56 Å². The fourth-order valence-electron chi connectivity index (χ4n) is 3.90. The molecule has 2 amide bonds. The van der Waals surface area contributed by atoms with E-state index in [0.29, 0.717) is 28.9 Å². The van der Waals surface area contributed by atoms with Crippen molar-refractivity contribution in [3.8, 4) is 0 Å². The van der Waals surface area contributed by atoms with Crippen LogP contribution in [0.1, 0.15) is 35.8 Å². The highest BCUT2D eigenvalue weighted by Crippen LogP contribution is 2.41. The van der Waals surface area contributed by atoms with Gasteiger partial charge in [0.05, 0.1) is 11.4 Å². The highest BCUT2D eigenvalue weighted by molar-refractivity contribution is 6.00. The topological polar surface area (TPSA) is 98.9 Å². The molecule has 0 saturated heterocycles. The highest BCUT2D eigenvalue weighted by Gasteiger charge is 2.34. The summed E-state index contributed by atoms with van der Waals surface area (Å²) in [5.41, 5.74) is 8.81. The molecule has 0 radical (unpaired) electrons. The molecule has 7 heteroatoms. The molecule has 1 heterocycles. The number of nitrogens with zero attached hydrogens (tertiary/aromatic N) is 1. The number of fused-ring (bicyclic) bond motifs is 2. The number of hydrogen-bond donors (Lipinski definition) is 1. The number of amides is 2. The third kappa shape index (κ3) is 4.18. The predicted molar refractivity (Wildman–Crippen MR) is 118 cm³/mol. The van der Waals surface area contributed by atoms with Gasteiger partial charge in [-0.25, -0.2) is 9.59 Å². The molecule has 0 aliphatic carbocycles. The lowest BCUT2D eigenvalue weighted by molar-refractivity contribution is -0.171. The van der Waals surface area contributed by atoms with Gasteiger partial charge in [-0.05, 0) is 17.7 Å². The fourth-order valence-corrected chi connectivity index (χ4v) is 3.90. The molecule has 0 saturated carbocycles. The summed E-state index contributed by atoms with van der Waals surface area (Å²) in [6.45, 7) is 1.24. The zero-order chi connectivity index (χ0) is 22.7. The zero-order valence-corrected chi connectivity index (χ0v) is 17.4. The molecule has 32 heavy (non-hydrogen) atoms. The van der Waals surface area contributed by atoms with Gasteiger partial charge >= 0.3 is 18.0 Å². The first-order valence-electron chi connectivity index (χ1n) is 10.1. The minimum absolute atomic E-state index is 0.324. The van der Waals surface area contributed by atoms with Crippen molar-refractivity contribution in [1.29, 1.82) is 0 Å².